The van der Waals surface area contributed by atoms with Crippen LogP contribution >= 0.6 is 11.8 Å². The van der Waals surface area contributed by atoms with Gasteiger partial charge in [0, 0.05) is 17.9 Å². The van der Waals surface area contributed by atoms with E-state index in [2.05, 4.69) is 15.4 Å². The number of hydrogen-bond acceptors (Lipinski definition) is 5. The Labute approximate surface area is 185 Å². The van der Waals surface area contributed by atoms with E-state index in [9.17, 15) is 18.7 Å². The standard InChI is InChI=1S/C22H28F2N4O2S/c23-22(24,17-8-4-3-5-9-17)20(29)12-11-19-13-15-31-21(30)28(19)14-7-2-1-6-10-18-16-25-27-26-18/h3-5,8-9,11-12,16,19-20,29H,1-2,6-7,10,13-15H2,(H,25,26,27)/b12-11+/t19-,20+/m0/s1. The maximum absolute atomic E-state index is 14.5. The number of unbranched alkanes of at least 4 members (excludes halogenated alkanes) is 3. The highest BCUT2D eigenvalue weighted by Crippen LogP contribution is 2.33. The van der Waals surface area contributed by atoms with Crippen molar-refractivity contribution in [3.8, 4) is 0 Å². The first-order valence-electron chi connectivity index (χ1n) is 10.6. The number of hydrogen-bond donors (Lipinski definition) is 2. The molecular formula is C22H28F2N4O2S. The molecule has 1 aromatic heterocycles. The highest BCUT2D eigenvalue weighted by atomic mass is 32.2. The minimum absolute atomic E-state index is 0.0344. The normalized spacial score (nSPS) is 18.6. The minimum Gasteiger partial charge on any atom is -0.382 e. The lowest BCUT2D eigenvalue weighted by Gasteiger charge is -2.33. The number of aliphatic hydroxyl groups is 1. The van der Waals surface area contributed by atoms with E-state index in [1.165, 1.54) is 36.0 Å². The van der Waals surface area contributed by atoms with Gasteiger partial charge in [-0.25, -0.2) is 0 Å². The number of nitrogens with zero attached hydrogens (tertiary/aromatic N) is 3. The molecule has 2 heterocycles. The van der Waals surface area contributed by atoms with Crippen LogP contribution in [-0.2, 0) is 12.3 Å². The zero-order chi connectivity index (χ0) is 22.1. The number of aryl methyl sites for hydroxylation is 1. The molecule has 2 N–H and O–H groups in total. The first kappa shape index (κ1) is 23.4. The molecule has 6 nitrogen and oxygen atoms in total. The summed E-state index contributed by atoms with van der Waals surface area (Å²) in [7, 11) is 0. The molecule has 0 saturated carbocycles. The molecule has 1 amide bonds. The third-order valence-electron chi connectivity index (χ3n) is 5.37. The maximum atomic E-state index is 14.5. The van der Waals surface area contributed by atoms with E-state index >= 15 is 0 Å². The van der Waals surface area contributed by atoms with Crippen LogP contribution in [0.15, 0.2) is 48.7 Å². The van der Waals surface area contributed by atoms with E-state index in [1.54, 1.807) is 23.2 Å². The third-order valence-corrected chi connectivity index (χ3v) is 6.29. The molecule has 168 valence electrons. The van der Waals surface area contributed by atoms with Crippen molar-refractivity contribution in [1.82, 2.24) is 20.3 Å². The quantitative estimate of drug-likeness (QED) is 0.388. The number of benzene rings is 1. The van der Waals surface area contributed by atoms with Crippen LogP contribution in [0.3, 0.4) is 0 Å². The van der Waals surface area contributed by atoms with Gasteiger partial charge in [0.25, 0.3) is 5.24 Å². The molecule has 0 unspecified atom stereocenters. The van der Waals surface area contributed by atoms with Gasteiger partial charge in [0.2, 0.25) is 0 Å². The molecule has 0 aliphatic carbocycles. The van der Waals surface area contributed by atoms with Crippen molar-refractivity contribution in [2.24, 2.45) is 0 Å². The van der Waals surface area contributed by atoms with Crippen LogP contribution in [0.1, 0.15) is 43.4 Å². The summed E-state index contributed by atoms with van der Waals surface area (Å²) >= 11 is 1.26. The Kier molecular flexibility index (Phi) is 8.60. The first-order chi connectivity index (χ1) is 15.0. The summed E-state index contributed by atoms with van der Waals surface area (Å²) < 4.78 is 29.0. The van der Waals surface area contributed by atoms with Crippen LogP contribution in [0.2, 0.25) is 0 Å². The molecule has 0 radical (unpaired) electrons. The van der Waals surface area contributed by atoms with Gasteiger partial charge in [-0.1, -0.05) is 67.1 Å². The molecule has 9 heteroatoms. The van der Waals surface area contributed by atoms with Crippen LogP contribution in [0, 0.1) is 0 Å². The maximum Gasteiger partial charge on any atom is 0.302 e. The van der Waals surface area contributed by atoms with E-state index in [4.69, 9.17) is 0 Å². The van der Waals surface area contributed by atoms with E-state index in [0.29, 0.717) is 18.7 Å². The lowest BCUT2D eigenvalue weighted by molar-refractivity contribution is -0.0929. The van der Waals surface area contributed by atoms with Crippen LogP contribution in [-0.4, -0.2) is 55.1 Å². The highest BCUT2D eigenvalue weighted by Gasteiger charge is 2.39. The number of nitrogens with one attached hydrogen (secondary N) is 1. The predicted molar refractivity (Wildman–Crippen MR) is 117 cm³/mol. The number of halogens is 2. The zero-order valence-corrected chi connectivity index (χ0v) is 18.1. The van der Waals surface area contributed by atoms with E-state index in [-0.39, 0.29) is 16.8 Å². The van der Waals surface area contributed by atoms with E-state index < -0.39 is 12.0 Å². The van der Waals surface area contributed by atoms with Gasteiger partial charge in [-0.2, -0.15) is 24.2 Å². The second-order valence-electron chi connectivity index (χ2n) is 7.61. The third kappa shape index (κ3) is 6.61. The topological polar surface area (TPSA) is 82.1 Å². The molecule has 1 aromatic carbocycles. The molecule has 2 aromatic rings. The summed E-state index contributed by atoms with van der Waals surface area (Å²) in [4.78, 5) is 14.1. The second-order valence-corrected chi connectivity index (χ2v) is 8.65. The average molecular weight is 451 g/mol. The summed E-state index contributed by atoms with van der Waals surface area (Å²) in [6, 6.07) is 7.01. The Morgan fingerprint density at radius 2 is 2.03 bits per heavy atom. The van der Waals surface area contributed by atoms with Crippen LogP contribution < -0.4 is 0 Å². The fourth-order valence-electron chi connectivity index (χ4n) is 3.57. The smallest absolute Gasteiger partial charge is 0.302 e. The number of carbonyl (C=O) groups excluding carboxylic acids is 1. The van der Waals surface area contributed by atoms with Gasteiger partial charge in [-0.15, -0.1) is 0 Å². The van der Waals surface area contributed by atoms with Crippen molar-refractivity contribution in [1.29, 1.82) is 0 Å². The summed E-state index contributed by atoms with van der Waals surface area (Å²) in [5.41, 5.74) is 0.712. The van der Waals surface area contributed by atoms with Crippen LogP contribution in [0.5, 0.6) is 0 Å². The molecule has 1 aliphatic rings. The van der Waals surface area contributed by atoms with Gasteiger partial charge in [0.1, 0.15) is 6.10 Å². The van der Waals surface area contributed by atoms with Crippen molar-refractivity contribution in [3.05, 3.63) is 59.9 Å². The van der Waals surface area contributed by atoms with Crippen molar-refractivity contribution >= 4 is 17.0 Å². The monoisotopic (exact) mass is 450 g/mol. The number of carbonyl (C=O) groups is 1. The first-order valence-corrected chi connectivity index (χ1v) is 11.5. The zero-order valence-electron chi connectivity index (χ0n) is 17.3. The molecule has 31 heavy (non-hydrogen) atoms. The van der Waals surface area contributed by atoms with Crippen LogP contribution in [0.25, 0.3) is 0 Å². The molecule has 3 rings (SSSR count). The Bertz CT molecular complexity index is 833. The van der Waals surface area contributed by atoms with Crippen molar-refractivity contribution < 1.29 is 18.7 Å². The van der Waals surface area contributed by atoms with Crippen molar-refractivity contribution in [2.75, 3.05) is 12.3 Å². The van der Waals surface area contributed by atoms with Crippen molar-refractivity contribution in [3.63, 3.8) is 0 Å². The number of aromatic amines is 1. The highest BCUT2D eigenvalue weighted by molar-refractivity contribution is 8.13. The predicted octanol–water partition coefficient (Wildman–Crippen LogP) is 4.54. The Morgan fingerprint density at radius 3 is 2.77 bits per heavy atom. The lowest BCUT2D eigenvalue weighted by Crippen LogP contribution is -2.41. The summed E-state index contributed by atoms with van der Waals surface area (Å²) in [5.74, 6) is -2.74. The number of rotatable bonds is 11. The number of aliphatic hydroxyl groups excluding tert-OH is 1. The Morgan fingerprint density at radius 1 is 1.26 bits per heavy atom. The summed E-state index contributed by atoms with van der Waals surface area (Å²) in [5, 5.41) is 20.5. The second kappa shape index (κ2) is 11.4. The van der Waals surface area contributed by atoms with Gasteiger partial charge in [-0.05, 0) is 25.7 Å². The number of aromatic nitrogens is 3. The lowest BCUT2D eigenvalue weighted by atomic mass is 10.0. The molecule has 2 atom stereocenters. The fourth-order valence-corrected chi connectivity index (χ4v) is 4.50. The minimum atomic E-state index is -3.39. The molecule has 0 bridgehead atoms. The number of amides is 1. The largest absolute Gasteiger partial charge is 0.382 e. The number of thioether (sulfide) groups is 1. The summed E-state index contributed by atoms with van der Waals surface area (Å²) in [6.07, 6.45) is 7.85. The van der Waals surface area contributed by atoms with E-state index in [0.717, 1.165) is 43.9 Å². The van der Waals surface area contributed by atoms with Crippen LogP contribution in [0.4, 0.5) is 13.6 Å². The molecule has 1 aliphatic heterocycles. The Hall–Kier alpha value is -2.26. The number of H-pyrrole nitrogens is 1. The van der Waals surface area contributed by atoms with Gasteiger partial charge in [-0.3, -0.25) is 4.79 Å². The van der Waals surface area contributed by atoms with Gasteiger partial charge in [0.05, 0.1) is 17.9 Å². The van der Waals surface area contributed by atoms with Gasteiger partial charge >= 0.3 is 5.92 Å². The number of alkyl halides is 2. The van der Waals surface area contributed by atoms with Crippen molar-refractivity contribution in [2.45, 2.75) is 56.6 Å². The van der Waals surface area contributed by atoms with Gasteiger partial charge in [0.15, 0.2) is 0 Å². The molecule has 1 saturated heterocycles. The summed E-state index contributed by atoms with van der Waals surface area (Å²) in [6.45, 7) is 0.579. The van der Waals surface area contributed by atoms with E-state index in [1.807, 2.05) is 0 Å². The Balaban J connectivity index is 1.49. The molecule has 0 spiro atoms. The molecular weight excluding hydrogens is 422 g/mol. The molecule has 1 fully saturated rings. The average Bonchev–Trinajstić information content (AvgIpc) is 3.29. The fraction of sp³-hybridized carbons (Fsp3) is 0.500. The SMILES string of the molecule is O=C1SCC[C@H](/C=C/[C@@H](O)C(F)(F)c2ccccc2)N1CCCCCCc1cn[nH]n1. The van der Waals surface area contributed by atoms with Gasteiger partial charge < -0.3 is 10.0 Å².